The summed E-state index contributed by atoms with van der Waals surface area (Å²) in [5.41, 5.74) is 0.974. The number of imidazole rings is 1. The molecule has 1 aliphatic heterocycles. The molecule has 1 aliphatic rings. The molecular formula is C18H24N4O3. The number of rotatable bonds is 5. The molecule has 0 radical (unpaired) electrons. The predicted molar refractivity (Wildman–Crippen MR) is 93.8 cm³/mol. The van der Waals surface area contributed by atoms with Crippen molar-refractivity contribution in [3.8, 4) is 11.5 Å². The van der Waals surface area contributed by atoms with E-state index in [-0.39, 0.29) is 18.1 Å². The van der Waals surface area contributed by atoms with E-state index in [0.717, 1.165) is 23.5 Å². The van der Waals surface area contributed by atoms with Crippen LogP contribution in [0.2, 0.25) is 0 Å². The van der Waals surface area contributed by atoms with E-state index in [0.29, 0.717) is 19.8 Å². The topological polar surface area (TPSA) is 77.4 Å². The number of aromatic nitrogens is 2. The average molecular weight is 344 g/mol. The van der Waals surface area contributed by atoms with Gasteiger partial charge in [-0.1, -0.05) is 6.07 Å². The Morgan fingerprint density at radius 1 is 1.24 bits per heavy atom. The highest BCUT2D eigenvalue weighted by Crippen LogP contribution is 2.32. The first-order valence-electron chi connectivity index (χ1n) is 8.54. The molecule has 2 heterocycles. The zero-order valence-electron chi connectivity index (χ0n) is 14.6. The average Bonchev–Trinajstić information content (AvgIpc) is 2.96. The van der Waals surface area contributed by atoms with E-state index < -0.39 is 0 Å². The summed E-state index contributed by atoms with van der Waals surface area (Å²) in [5.74, 6) is 1.49. The van der Waals surface area contributed by atoms with Crippen LogP contribution in [0.25, 0.3) is 0 Å². The van der Waals surface area contributed by atoms with Gasteiger partial charge in [0.05, 0.1) is 25.6 Å². The summed E-state index contributed by atoms with van der Waals surface area (Å²) >= 11 is 0. The van der Waals surface area contributed by atoms with Gasteiger partial charge >= 0.3 is 6.03 Å². The molecule has 0 saturated carbocycles. The van der Waals surface area contributed by atoms with Crippen LogP contribution >= 0.6 is 0 Å². The Labute approximate surface area is 147 Å². The quantitative estimate of drug-likeness (QED) is 0.874. The molecule has 0 unspecified atom stereocenters. The van der Waals surface area contributed by atoms with Gasteiger partial charge in [-0.05, 0) is 31.5 Å². The monoisotopic (exact) mass is 344 g/mol. The largest absolute Gasteiger partial charge is 0.490 e. The van der Waals surface area contributed by atoms with Crippen LogP contribution in [0.1, 0.15) is 31.9 Å². The van der Waals surface area contributed by atoms with E-state index in [1.54, 1.807) is 12.5 Å². The molecule has 2 N–H and O–H groups in total. The Hall–Kier alpha value is -2.70. The molecule has 0 saturated heterocycles. The van der Waals surface area contributed by atoms with Gasteiger partial charge in [-0.3, -0.25) is 0 Å². The van der Waals surface area contributed by atoms with E-state index >= 15 is 0 Å². The molecule has 1 aromatic heterocycles. The van der Waals surface area contributed by atoms with Gasteiger partial charge in [-0.25, -0.2) is 9.78 Å². The standard InChI is InChI=1S/C18H24N4O3/c1-13(11-22-7-6-19-12-22)20-18(23)21-14(2)15-4-5-16-17(10-15)25-9-3-8-24-16/h4-7,10,12-14H,3,8-9,11H2,1-2H3,(H2,20,21,23)/t13-,14+/m0/s1. The number of fused-ring (bicyclic) bond motifs is 1. The lowest BCUT2D eigenvalue weighted by molar-refractivity contribution is 0.233. The van der Waals surface area contributed by atoms with Gasteiger partial charge in [-0.2, -0.15) is 0 Å². The molecule has 7 nitrogen and oxygen atoms in total. The molecule has 2 amide bonds. The number of carbonyl (C=O) groups excluding carboxylic acids is 1. The van der Waals surface area contributed by atoms with Crippen LogP contribution in [0.15, 0.2) is 36.9 Å². The minimum absolute atomic E-state index is 0.00909. The summed E-state index contributed by atoms with van der Waals surface area (Å²) in [7, 11) is 0. The van der Waals surface area contributed by atoms with Gasteiger partial charge in [0.25, 0.3) is 0 Å². The van der Waals surface area contributed by atoms with Crippen molar-refractivity contribution in [2.24, 2.45) is 0 Å². The second kappa shape index (κ2) is 7.92. The van der Waals surface area contributed by atoms with Crippen LogP contribution in [-0.2, 0) is 6.54 Å². The highest BCUT2D eigenvalue weighted by Gasteiger charge is 2.16. The summed E-state index contributed by atoms with van der Waals surface area (Å²) < 4.78 is 13.3. The van der Waals surface area contributed by atoms with Crippen LogP contribution in [-0.4, -0.2) is 34.8 Å². The number of hydrogen-bond acceptors (Lipinski definition) is 4. The van der Waals surface area contributed by atoms with Gasteiger partial charge in [0.1, 0.15) is 0 Å². The Kier molecular flexibility index (Phi) is 5.42. The van der Waals surface area contributed by atoms with Crippen molar-refractivity contribution in [1.29, 1.82) is 0 Å². The number of urea groups is 1. The van der Waals surface area contributed by atoms with Crippen LogP contribution in [0.4, 0.5) is 4.79 Å². The molecule has 0 aliphatic carbocycles. The predicted octanol–water partition coefficient (Wildman–Crippen LogP) is 2.49. The smallest absolute Gasteiger partial charge is 0.315 e. The highest BCUT2D eigenvalue weighted by molar-refractivity contribution is 5.74. The SMILES string of the molecule is C[C@@H](Cn1ccnc1)NC(=O)N[C@H](C)c1ccc2c(c1)OCCCO2. The third kappa shape index (κ3) is 4.65. The number of nitrogens with one attached hydrogen (secondary N) is 2. The third-order valence-electron chi connectivity index (χ3n) is 4.04. The Morgan fingerprint density at radius 2 is 2.04 bits per heavy atom. The number of nitrogens with zero attached hydrogens (tertiary/aromatic N) is 2. The van der Waals surface area contributed by atoms with E-state index in [1.165, 1.54) is 0 Å². The maximum absolute atomic E-state index is 12.2. The zero-order chi connectivity index (χ0) is 17.6. The number of amides is 2. The Balaban J connectivity index is 1.55. The van der Waals surface area contributed by atoms with E-state index in [2.05, 4.69) is 15.6 Å². The minimum atomic E-state index is -0.202. The van der Waals surface area contributed by atoms with Crippen molar-refractivity contribution in [3.05, 3.63) is 42.5 Å². The first-order chi connectivity index (χ1) is 12.1. The third-order valence-corrected chi connectivity index (χ3v) is 4.04. The first-order valence-corrected chi connectivity index (χ1v) is 8.54. The molecule has 0 bridgehead atoms. The lowest BCUT2D eigenvalue weighted by Crippen LogP contribution is -2.43. The second-order valence-corrected chi connectivity index (χ2v) is 6.26. The molecular weight excluding hydrogens is 320 g/mol. The van der Waals surface area contributed by atoms with Crippen molar-refractivity contribution >= 4 is 6.03 Å². The normalized spacial score (nSPS) is 15.8. The molecule has 7 heteroatoms. The maximum Gasteiger partial charge on any atom is 0.315 e. The number of hydrogen-bond donors (Lipinski definition) is 2. The van der Waals surface area contributed by atoms with Crippen LogP contribution in [0, 0.1) is 0 Å². The molecule has 25 heavy (non-hydrogen) atoms. The number of benzene rings is 1. The first kappa shape index (κ1) is 17.1. The number of ether oxygens (including phenoxy) is 2. The van der Waals surface area contributed by atoms with E-state index in [1.807, 2.05) is 42.8 Å². The maximum atomic E-state index is 12.2. The molecule has 134 valence electrons. The van der Waals surface area contributed by atoms with Crippen molar-refractivity contribution in [1.82, 2.24) is 20.2 Å². The lowest BCUT2D eigenvalue weighted by atomic mass is 10.1. The molecule has 2 aromatic rings. The molecule has 0 spiro atoms. The lowest BCUT2D eigenvalue weighted by Gasteiger charge is -2.19. The summed E-state index contributed by atoms with van der Waals surface area (Å²) in [6, 6.07) is 5.43. The van der Waals surface area contributed by atoms with Gasteiger partial charge in [0, 0.05) is 31.4 Å². The van der Waals surface area contributed by atoms with Crippen LogP contribution in [0.5, 0.6) is 11.5 Å². The zero-order valence-corrected chi connectivity index (χ0v) is 14.6. The fourth-order valence-electron chi connectivity index (χ4n) is 2.75. The van der Waals surface area contributed by atoms with Crippen molar-refractivity contribution in [2.45, 2.75) is 38.9 Å². The van der Waals surface area contributed by atoms with Crippen LogP contribution < -0.4 is 20.1 Å². The summed E-state index contributed by atoms with van der Waals surface area (Å²) in [6.07, 6.45) is 6.20. The molecule has 0 fully saturated rings. The molecule has 2 atom stereocenters. The fourth-order valence-corrected chi connectivity index (χ4v) is 2.75. The van der Waals surface area contributed by atoms with Crippen LogP contribution in [0.3, 0.4) is 0 Å². The van der Waals surface area contributed by atoms with Gasteiger partial charge in [0.2, 0.25) is 0 Å². The Morgan fingerprint density at radius 3 is 2.80 bits per heavy atom. The Bertz CT molecular complexity index is 702. The summed E-state index contributed by atoms with van der Waals surface area (Å²) in [4.78, 5) is 16.2. The van der Waals surface area contributed by atoms with Crippen molar-refractivity contribution in [2.75, 3.05) is 13.2 Å². The molecule has 3 rings (SSSR count). The summed E-state index contributed by atoms with van der Waals surface area (Å²) in [6.45, 7) is 5.88. The fraction of sp³-hybridized carbons (Fsp3) is 0.444. The van der Waals surface area contributed by atoms with Gasteiger partial charge < -0.3 is 24.7 Å². The minimum Gasteiger partial charge on any atom is -0.490 e. The van der Waals surface area contributed by atoms with Gasteiger partial charge in [0.15, 0.2) is 11.5 Å². The van der Waals surface area contributed by atoms with E-state index in [4.69, 9.17) is 9.47 Å². The summed E-state index contributed by atoms with van der Waals surface area (Å²) in [5, 5.41) is 5.89. The van der Waals surface area contributed by atoms with E-state index in [9.17, 15) is 4.79 Å². The van der Waals surface area contributed by atoms with Crippen molar-refractivity contribution < 1.29 is 14.3 Å². The second-order valence-electron chi connectivity index (χ2n) is 6.26. The highest BCUT2D eigenvalue weighted by atomic mass is 16.5. The van der Waals surface area contributed by atoms with Crippen molar-refractivity contribution in [3.63, 3.8) is 0 Å². The van der Waals surface area contributed by atoms with Gasteiger partial charge in [-0.15, -0.1) is 0 Å². The molecule has 1 aromatic carbocycles. The number of carbonyl (C=O) groups is 1.